The molecule has 2 aliphatic heterocycles. The first-order chi connectivity index (χ1) is 19.4. The van der Waals surface area contributed by atoms with Crippen LogP contribution in [0.15, 0.2) is 45.6 Å². The Morgan fingerprint density at radius 2 is 1.24 bits per heavy atom. The van der Waals surface area contributed by atoms with Gasteiger partial charge in [-0.15, -0.1) is 0 Å². The lowest BCUT2D eigenvalue weighted by Crippen LogP contribution is -2.58. The molecule has 3 aromatic rings. The molecule has 14 heteroatoms. The number of rotatable bonds is 5. The third-order valence-corrected chi connectivity index (χ3v) is 7.14. The van der Waals surface area contributed by atoms with Crippen molar-refractivity contribution in [3.05, 3.63) is 46.6 Å². The fourth-order valence-corrected chi connectivity index (χ4v) is 4.71. The highest BCUT2D eigenvalue weighted by molar-refractivity contribution is 5.88. The molecule has 0 aliphatic carbocycles. The summed E-state index contributed by atoms with van der Waals surface area (Å²) in [4.78, 5) is 13.7. The summed E-state index contributed by atoms with van der Waals surface area (Å²) >= 11 is 0. The van der Waals surface area contributed by atoms with Crippen molar-refractivity contribution in [3.8, 4) is 34.3 Å². The number of phenols is 2. The Bertz CT molecular complexity index is 1460. The Hall–Kier alpha value is -3.47. The molecule has 3 heterocycles. The van der Waals surface area contributed by atoms with Crippen LogP contribution in [0.5, 0.6) is 23.0 Å². The number of aromatic hydroxyl groups is 2. The molecule has 0 radical (unpaired) electrons. The minimum absolute atomic E-state index is 0.0859. The zero-order chi connectivity index (χ0) is 29.7. The largest absolute Gasteiger partial charge is 0.508 e. The Balaban J connectivity index is 1.58. The van der Waals surface area contributed by atoms with Crippen LogP contribution in [0.2, 0.25) is 0 Å². The standard InChI is InChI=1S/C27H30O14/c1-9-17(30)20(33)22(35)26(37-9)39-13-7-14(29)16-15(8-13)40-24(11-3-5-12(28)6-4-11)25(19(16)32)41-27-23(36)21(34)18(31)10(2)38-27/h3-10,17-18,20-23,26-31,33-36H,1-2H3/t9-,10-,17-,18-,20+,21+,22+,23+,26+,27+/m1/s1. The molecule has 1 aromatic heterocycles. The van der Waals surface area contributed by atoms with Gasteiger partial charge in [0.15, 0.2) is 5.76 Å². The second-order valence-electron chi connectivity index (χ2n) is 10.1. The molecule has 2 aliphatic rings. The molecule has 0 spiro atoms. The van der Waals surface area contributed by atoms with Gasteiger partial charge in [-0.2, -0.15) is 0 Å². The van der Waals surface area contributed by atoms with Crippen LogP contribution in [0.1, 0.15) is 13.8 Å². The minimum Gasteiger partial charge on any atom is -0.508 e. The third-order valence-electron chi connectivity index (χ3n) is 7.14. The normalized spacial score (nSPS) is 34.0. The van der Waals surface area contributed by atoms with Crippen molar-refractivity contribution in [1.29, 1.82) is 0 Å². The van der Waals surface area contributed by atoms with Crippen LogP contribution in [-0.4, -0.2) is 102 Å². The van der Waals surface area contributed by atoms with Gasteiger partial charge in [0.2, 0.25) is 23.8 Å². The van der Waals surface area contributed by atoms with E-state index in [9.17, 15) is 45.6 Å². The number of fused-ring (bicyclic) bond motifs is 1. The van der Waals surface area contributed by atoms with Gasteiger partial charge in [0.25, 0.3) is 0 Å². The number of hydrogen-bond acceptors (Lipinski definition) is 14. The van der Waals surface area contributed by atoms with Crippen molar-refractivity contribution >= 4 is 11.0 Å². The molecule has 0 saturated carbocycles. The van der Waals surface area contributed by atoms with Crippen molar-refractivity contribution in [2.75, 3.05) is 0 Å². The Labute approximate surface area is 231 Å². The predicted octanol–water partition coefficient (Wildman–Crippen LogP) is -0.716. The number of ether oxygens (including phenoxy) is 4. The smallest absolute Gasteiger partial charge is 0.239 e. The summed E-state index contributed by atoms with van der Waals surface area (Å²) < 4.78 is 28.2. The zero-order valence-electron chi connectivity index (χ0n) is 21.8. The van der Waals surface area contributed by atoms with Crippen molar-refractivity contribution in [1.82, 2.24) is 0 Å². The van der Waals surface area contributed by atoms with E-state index in [2.05, 4.69) is 0 Å². The first kappa shape index (κ1) is 29.0. The first-order valence-electron chi connectivity index (χ1n) is 12.7. The molecular formula is C27H30O14. The maximum atomic E-state index is 13.7. The molecule has 0 bridgehead atoms. The quantitative estimate of drug-likeness (QED) is 0.187. The van der Waals surface area contributed by atoms with E-state index in [0.717, 1.165) is 6.07 Å². The lowest BCUT2D eigenvalue weighted by molar-refractivity contribution is -0.268. The molecule has 8 N–H and O–H groups in total. The predicted molar refractivity (Wildman–Crippen MR) is 137 cm³/mol. The number of hydrogen-bond donors (Lipinski definition) is 8. The van der Waals surface area contributed by atoms with E-state index < -0.39 is 78.3 Å². The van der Waals surface area contributed by atoms with Crippen LogP contribution in [-0.2, 0) is 9.47 Å². The van der Waals surface area contributed by atoms with Crippen LogP contribution in [0.3, 0.4) is 0 Å². The lowest BCUT2D eigenvalue weighted by atomic mass is 10.00. The summed E-state index contributed by atoms with van der Waals surface area (Å²) in [5.41, 5.74) is -0.865. The van der Waals surface area contributed by atoms with Gasteiger partial charge < -0.3 is 64.2 Å². The SMILES string of the molecule is C[C@H]1O[C@@H](Oc2cc(O)c3c(=O)c(O[C@@H]4O[C@H](C)[C@@H](O)[C@H](O)[C@@H]4O)c(-c4ccc(O)cc4)oc3c2)[C@@H](O)[C@@H](O)[C@@H]1O. The van der Waals surface area contributed by atoms with E-state index in [1.54, 1.807) is 0 Å². The molecular weight excluding hydrogens is 548 g/mol. The molecule has 14 nitrogen and oxygen atoms in total. The fourth-order valence-electron chi connectivity index (χ4n) is 4.71. The maximum Gasteiger partial charge on any atom is 0.239 e. The highest BCUT2D eigenvalue weighted by Crippen LogP contribution is 2.38. The molecule has 2 aromatic carbocycles. The molecule has 222 valence electrons. The van der Waals surface area contributed by atoms with Crippen molar-refractivity contribution < 1.29 is 64.2 Å². The van der Waals surface area contributed by atoms with Gasteiger partial charge in [-0.3, -0.25) is 4.79 Å². The first-order valence-corrected chi connectivity index (χ1v) is 12.7. The molecule has 2 fully saturated rings. The number of aliphatic hydroxyl groups excluding tert-OH is 6. The summed E-state index contributed by atoms with van der Waals surface area (Å²) in [6.45, 7) is 2.90. The van der Waals surface area contributed by atoms with E-state index in [1.807, 2.05) is 0 Å². The Morgan fingerprint density at radius 3 is 1.80 bits per heavy atom. The lowest BCUT2D eigenvalue weighted by Gasteiger charge is -2.39. The molecule has 0 amide bonds. The average molecular weight is 579 g/mol. The van der Waals surface area contributed by atoms with Crippen LogP contribution in [0.4, 0.5) is 0 Å². The highest BCUT2D eigenvalue weighted by atomic mass is 16.7. The number of benzene rings is 2. The summed E-state index contributed by atoms with van der Waals surface area (Å²) in [6, 6.07) is 7.71. The van der Waals surface area contributed by atoms with Gasteiger partial charge in [-0.25, -0.2) is 0 Å². The van der Waals surface area contributed by atoms with E-state index in [4.69, 9.17) is 23.4 Å². The highest BCUT2D eigenvalue weighted by Gasteiger charge is 2.45. The topological polar surface area (TPSA) is 229 Å². The van der Waals surface area contributed by atoms with Gasteiger partial charge in [0, 0.05) is 17.7 Å². The van der Waals surface area contributed by atoms with Gasteiger partial charge in [0.1, 0.15) is 64.8 Å². The van der Waals surface area contributed by atoms with E-state index in [0.29, 0.717) is 0 Å². The van der Waals surface area contributed by atoms with E-state index in [-0.39, 0.29) is 33.8 Å². The second kappa shape index (κ2) is 11.1. The average Bonchev–Trinajstić information content (AvgIpc) is 2.93. The molecule has 41 heavy (non-hydrogen) atoms. The summed E-state index contributed by atoms with van der Waals surface area (Å²) in [5, 5.41) is 81.1. The molecule has 5 rings (SSSR count). The molecule has 10 atom stereocenters. The van der Waals surface area contributed by atoms with Crippen molar-refractivity contribution in [2.24, 2.45) is 0 Å². The van der Waals surface area contributed by atoms with Crippen LogP contribution < -0.4 is 14.9 Å². The number of phenolic OH excluding ortho intramolecular Hbond substituents is 2. The van der Waals surface area contributed by atoms with Crippen LogP contribution >= 0.6 is 0 Å². The molecule has 0 unspecified atom stereocenters. The molecule has 2 saturated heterocycles. The zero-order valence-corrected chi connectivity index (χ0v) is 21.8. The Morgan fingerprint density at radius 1 is 0.707 bits per heavy atom. The monoisotopic (exact) mass is 578 g/mol. The van der Waals surface area contributed by atoms with Crippen molar-refractivity contribution in [2.45, 2.75) is 75.3 Å². The third kappa shape index (κ3) is 5.31. The number of aliphatic hydroxyl groups is 6. The van der Waals surface area contributed by atoms with Crippen LogP contribution in [0, 0.1) is 0 Å². The van der Waals surface area contributed by atoms with E-state index >= 15 is 0 Å². The Kier molecular flexibility index (Phi) is 7.84. The summed E-state index contributed by atoms with van der Waals surface area (Å²) in [7, 11) is 0. The van der Waals surface area contributed by atoms with Gasteiger partial charge in [-0.05, 0) is 38.1 Å². The second-order valence-corrected chi connectivity index (χ2v) is 10.1. The van der Waals surface area contributed by atoms with Gasteiger partial charge >= 0.3 is 0 Å². The van der Waals surface area contributed by atoms with Crippen molar-refractivity contribution in [3.63, 3.8) is 0 Å². The summed E-state index contributed by atoms with van der Waals surface area (Å²) in [6.07, 6.45) is -14.3. The van der Waals surface area contributed by atoms with E-state index in [1.165, 1.54) is 44.2 Å². The maximum absolute atomic E-state index is 13.7. The van der Waals surface area contributed by atoms with Gasteiger partial charge in [-0.1, -0.05) is 0 Å². The van der Waals surface area contributed by atoms with Gasteiger partial charge in [0.05, 0.1) is 12.2 Å². The van der Waals surface area contributed by atoms with Crippen LogP contribution in [0.25, 0.3) is 22.3 Å². The summed E-state index contributed by atoms with van der Waals surface area (Å²) in [5.74, 6) is -1.55. The fraction of sp³-hybridized carbons (Fsp3) is 0.444. The minimum atomic E-state index is -1.76.